The van der Waals surface area contributed by atoms with Gasteiger partial charge in [-0.25, -0.2) is 4.68 Å². The van der Waals surface area contributed by atoms with Crippen LogP contribution in [0.1, 0.15) is 28.0 Å². The molecule has 1 N–H and O–H groups in total. The molecule has 0 radical (unpaired) electrons. The molecule has 3 heterocycles. The van der Waals surface area contributed by atoms with E-state index in [1.54, 1.807) is 19.2 Å². The number of rotatable bonds is 7. The van der Waals surface area contributed by atoms with E-state index in [0.717, 1.165) is 24.5 Å². The van der Waals surface area contributed by atoms with Gasteiger partial charge in [-0.3, -0.25) is 4.79 Å². The lowest BCUT2D eigenvalue weighted by atomic mass is 10.0. The lowest BCUT2D eigenvalue weighted by molar-refractivity contribution is -0.930. The monoisotopic (exact) mass is 397 g/mol. The highest BCUT2D eigenvalue weighted by Crippen LogP contribution is 2.17. The highest BCUT2D eigenvalue weighted by molar-refractivity contribution is 5.91. The van der Waals surface area contributed by atoms with Gasteiger partial charge in [-0.15, -0.1) is 5.10 Å². The molecule has 29 heavy (non-hydrogen) atoms. The number of nitrogens with zero attached hydrogens (tertiary/aromatic N) is 5. The second-order valence-electron chi connectivity index (χ2n) is 7.02. The summed E-state index contributed by atoms with van der Waals surface area (Å²) in [5.74, 6) is 1.14. The summed E-state index contributed by atoms with van der Waals surface area (Å²) in [6.07, 6.45) is 1.53. The van der Waals surface area contributed by atoms with Gasteiger partial charge in [0.15, 0.2) is 11.8 Å². The normalized spacial score (nSPS) is 16.1. The largest absolute Gasteiger partial charge is 0.459 e. The number of ether oxygens (including phenoxy) is 1. The quantitative estimate of drug-likeness (QED) is 0.606. The number of furan rings is 1. The van der Waals surface area contributed by atoms with Crippen molar-refractivity contribution in [3.63, 3.8) is 0 Å². The van der Waals surface area contributed by atoms with E-state index in [2.05, 4.69) is 27.7 Å². The number of quaternary nitrogens is 1. The highest BCUT2D eigenvalue weighted by atomic mass is 16.5. The minimum atomic E-state index is -0.0600. The van der Waals surface area contributed by atoms with Crippen LogP contribution in [0.15, 0.2) is 53.1 Å². The van der Waals surface area contributed by atoms with Gasteiger partial charge >= 0.3 is 0 Å². The molecule has 1 aliphatic rings. The van der Waals surface area contributed by atoms with Crippen molar-refractivity contribution in [1.29, 1.82) is 0 Å². The van der Waals surface area contributed by atoms with Gasteiger partial charge in [0.25, 0.3) is 5.91 Å². The van der Waals surface area contributed by atoms with Gasteiger partial charge in [0, 0.05) is 12.7 Å². The van der Waals surface area contributed by atoms with Crippen LogP contribution in [0.5, 0.6) is 0 Å². The Morgan fingerprint density at radius 3 is 2.69 bits per heavy atom. The van der Waals surface area contributed by atoms with E-state index < -0.39 is 0 Å². The number of amides is 1. The highest BCUT2D eigenvalue weighted by Gasteiger charge is 2.35. The summed E-state index contributed by atoms with van der Waals surface area (Å²) in [5, 5.41) is 12.4. The Labute approximate surface area is 168 Å². The number of aromatic nitrogens is 4. The van der Waals surface area contributed by atoms with Crippen LogP contribution >= 0.6 is 0 Å². The molecule has 0 unspecified atom stereocenters. The molecule has 9 nitrogen and oxygen atoms in total. The third-order valence-electron chi connectivity index (χ3n) is 5.29. The van der Waals surface area contributed by atoms with Crippen molar-refractivity contribution >= 4 is 5.91 Å². The zero-order valence-corrected chi connectivity index (χ0v) is 16.4. The second kappa shape index (κ2) is 8.97. The fourth-order valence-corrected chi connectivity index (χ4v) is 3.81. The van der Waals surface area contributed by atoms with E-state index in [-0.39, 0.29) is 11.9 Å². The summed E-state index contributed by atoms with van der Waals surface area (Å²) < 4.78 is 12.3. The molecule has 1 aliphatic heterocycles. The Balaban J connectivity index is 1.54. The van der Waals surface area contributed by atoms with Gasteiger partial charge in [0.05, 0.1) is 45.6 Å². The van der Waals surface area contributed by atoms with Crippen LogP contribution in [0.4, 0.5) is 0 Å². The number of methoxy groups -OCH3 is 1. The molecular weight excluding hydrogens is 372 g/mol. The average molecular weight is 397 g/mol. The number of hydrogen-bond acceptors (Lipinski definition) is 6. The third kappa shape index (κ3) is 4.20. The minimum absolute atomic E-state index is 0.0103. The zero-order valence-electron chi connectivity index (χ0n) is 16.4. The van der Waals surface area contributed by atoms with Gasteiger partial charge in [-0.05, 0) is 22.6 Å². The average Bonchev–Trinajstić information content (AvgIpc) is 3.46. The molecule has 1 aromatic carbocycles. The first-order chi connectivity index (χ1) is 14.3. The molecule has 0 aliphatic carbocycles. The lowest BCUT2D eigenvalue weighted by Crippen LogP contribution is -3.15. The van der Waals surface area contributed by atoms with Crippen molar-refractivity contribution < 1.29 is 18.8 Å². The predicted molar refractivity (Wildman–Crippen MR) is 103 cm³/mol. The summed E-state index contributed by atoms with van der Waals surface area (Å²) in [5.41, 5.74) is 1.15. The van der Waals surface area contributed by atoms with Crippen molar-refractivity contribution in [1.82, 2.24) is 25.1 Å². The molecule has 9 heteroatoms. The van der Waals surface area contributed by atoms with Crippen molar-refractivity contribution in [3.8, 4) is 0 Å². The van der Waals surface area contributed by atoms with Crippen molar-refractivity contribution in [2.45, 2.75) is 12.6 Å². The Bertz CT molecular complexity index is 903. The van der Waals surface area contributed by atoms with E-state index in [4.69, 9.17) is 9.15 Å². The molecule has 0 spiro atoms. The van der Waals surface area contributed by atoms with Gasteiger partial charge in [0.1, 0.15) is 0 Å². The summed E-state index contributed by atoms with van der Waals surface area (Å²) in [4.78, 5) is 15.8. The Kier molecular flexibility index (Phi) is 5.97. The van der Waals surface area contributed by atoms with Crippen molar-refractivity contribution in [3.05, 3.63) is 65.9 Å². The summed E-state index contributed by atoms with van der Waals surface area (Å²) in [7, 11) is 1.67. The van der Waals surface area contributed by atoms with Crippen LogP contribution in [0.3, 0.4) is 0 Å². The molecular formula is C20H25N6O3+. The molecule has 1 amide bonds. The number of benzene rings is 1. The fourth-order valence-electron chi connectivity index (χ4n) is 3.81. The number of nitrogens with one attached hydrogen (secondary N) is 1. The molecule has 152 valence electrons. The maximum Gasteiger partial charge on any atom is 0.289 e. The van der Waals surface area contributed by atoms with Gasteiger partial charge in [-0.2, -0.15) is 0 Å². The van der Waals surface area contributed by atoms with Crippen LogP contribution in [0.25, 0.3) is 0 Å². The number of carbonyl (C=O) groups is 1. The van der Waals surface area contributed by atoms with E-state index in [9.17, 15) is 4.79 Å². The predicted octanol–water partition coefficient (Wildman–Crippen LogP) is 0.0428. The molecule has 1 saturated heterocycles. The van der Waals surface area contributed by atoms with Gasteiger partial charge < -0.3 is 19.0 Å². The Hall–Kier alpha value is -3.04. The SMILES string of the molecule is COCCn1nnnc1[C@@H](c1ccccc1)[NH+]1CCN(C(=O)c2ccco2)CC1. The van der Waals surface area contributed by atoms with Crippen molar-refractivity contribution in [2.24, 2.45) is 0 Å². The molecule has 1 atom stereocenters. The smallest absolute Gasteiger partial charge is 0.289 e. The van der Waals surface area contributed by atoms with E-state index in [1.807, 2.05) is 27.8 Å². The second-order valence-corrected chi connectivity index (χ2v) is 7.02. The number of hydrogen-bond donors (Lipinski definition) is 1. The topological polar surface area (TPSA) is 90.7 Å². The summed E-state index contributed by atoms with van der Waals surface area (Å²) in [6.45, 7) is 4.03. The lowest BCUT2D eigenvalue weighted by Gasteiger charge is -2.35. The summed E-state index contributed by atoms with van der Waals surface area (Å²) in [6, 6.07) is 13.7. The standard InChI is InChI=1S/C20H24N6O3/c1-28-15-13-26-19(21-22-23-26)18(16-6-3-2-4-7-16)24-9-11-25(12-10-24)20(27)17-8-5-14-29-17/h2-8,14,18H,9-13,15H2,1H3/p+1/t18-/m1/s1. The number of piperazine rings is 1. The first-order valence-corrected chi connectivity index (χ1v) is 9.75. The molecule has 0 saturated carbocycles. The van der Waals surface area contributed by atoms with E-state index >= 15 is 0 Å². The first kappa shape index (κ1) is 19.3. The van der Waals surface area contributed by atoms with Gasteiger partial charge in [0.2, 0.25) is 5.82 Å². The molecule has 4 rings (SSSR count). The van der Waals surface area contributed by atoms with Crippen LogP contribution < -0.4 is 4.90 Å². The summed E-state index contributed by atoms with van der Waals surface area (Å²) >= 11 is 0. The molecule has 1 fully saturated rings. The minimum Gasteiger partial charge on any atom is -0.459 e. The molecule has 3 aromatic rings. The van der Waals surface area contributed by atoms with Crippen molar-refractivity contribution in [2.75, 3.05) is 39.9 Å². The maximum atomic E-state index is 12.6. The molecule has 2 aromatic heterocycles. The number of carbonyl (C=O) groups excluding carboxylic acids is 1. The number of tetrazole rings is 1. The fraction of sp³-hybridized carbons (Fsp3) is 0.400. The maximum absolute atomic E-state index is 12.6. The Morgan fingerprint density at radius 1 is 1.21 bits per heavy atom. The van der Waals surface area contributed by atoms with Crippen LogP contribution in [-0.2, 0) is 11.3 Å². The van der Waals surface area contributed by atoms with Gasteiger partial charge in [-0.1, -0.05) is 30.3 Å². The Morgan fingerprint density at radius 2 is 2.00 bits per heavy atom. The zero-order chi connectivity index (χ0) is 20.1. The first-order valence-electron chi connectivity index (χ1n) is 9.75. The third-order valence-corrected chi connectivity index (χ3v) is 5.29. The van der Waals surface area contributed by atoms with Crippen LogP contribution in [0.2, 0.25) is 0 Å². The van der Waals surface area contributed by atoms with Crippen LogP contribution in [0, 0.1) is 0 Å². The molecule has 0 bridgehead atoms. The van der Waals surface area contributed by atoms with E-state index in [0.29, 0.717) is 32.0 Å². The van der Waals surface area contributed by atoms with Crippen LogP contribution in [-0.4, -0.2) is 70.9 Å². The van der Waals surface area contributed by atoms with E-state index in [1.165, 1.54) is 11.2 Å².